The lowest BCUT2D eigenvalue weighted by Gasteiger charge is -2.14. The fraction of sp³-hybridized carbons (Fsp3) is 0.500. The van der Waals surface area contributed by atoms with Crippen LogP contribution in [-0.2, 0) is 0 Å². The molecule has 0 N–H and O–H groups in total. The van der Waals surface area contributed by atoms with Crippen LogP contribution in [0.1, 0.15) is 65.2 Å². The fourth-order valence-corrected chi connectivity index (χ4v) is 3.37. The summed E-state index contributed by atoms with van der Waals surface area (Å²) >= 11 is 2.34. The molecule has 0 radical (unpaired) electrons. The summed E-state index contributed by atoms with van der Waals surface area (Å²) in [5.74, 6) is 1.84. The highest BCUT2D eigenvalue weighted by atomic mass is 127. The largest absolute Gasteiger partial charge is 0.493 e. The summed E-state index contributed by atoms with van der Waals surface area (Å²) in [7, 11) is 0. The van der Waals surface area contributed by atoms with Gasteiger partial charge in [-0.05, 0) is 65.3 Å². The molecule has 0 saturated heterocycles. The smallest absolute Gasteiger partial charge is 0.130 e. The van der Waals surface area contributed by atoms with Crippen molar-refractivity contribution in [1.29, 1.82) is 0 Å². The molecule has 0 aliphatic carbocycles. The molecule has 2 aromatic carbocycles. The molecule has 0 spiro atoms. The Kier molecular flexibility index (Phi) is 10.6. The van der Waals surface area contributed by atoms with Crippen LogP contribution in [0.5, 0.6) is 11.5 Å². The van der Waals surface area contributed by atoms with E-state index in [-0.39, 0.29) is 0 Å². The first kappa shape index (κ1) is 22.1. The maximum atomic E-state index is 6.17. The second-order valence-corrected chi connectivity index (χ2v) is 8.23. The number of benzene rings is 2. The standard InChI is InChI=1S/C24H33IO2/c1-3-5-7-9-17-26-22-15-16-23(20-11-13-21(25)14-12-20)24(19-22)27-18-10-8-6-4-2/h11-16,19H,3-10,17-18H2,1-2H3. The van der Waals surface area contributed by atoms with Crippen molar-refractivity contribution in [2.24, 2.45) is 0 Å². The maximum absolute atomic E-state index is 6.17. The molecule has 0 bridgehead atoms. The SMILES string of the molecule is CCCCCCOc1ccc(-c2ccc(I)cc2)c(OCCCCCC)c1. The van der Waals surface area contributed by atoms with Crippen molar-refractivity contribution in [2.75, 3.05) is 13.2 Å². The number of halogens is 1. The lowest BCUT2D eigenvalue weighted by Crippen LogP contribution is -2.01. The monoisotopic (exact) mass is 480 g/mol. The van der Waals surface area contributed by atoms with Crippen LogP contribution in [0, 0.1) is 3.57 Å². The highest BCUT2D eigenvalue weighted by Gasteiger charge is 2.09. The number of ether oxygens (including phenoxy) is 2. The molecule has 0 saturated carbocycles. The normalized spacial score (nSPS) is 10.8. The van der Waals surface area contributed by atoms with Crippen LogP contribution in [0.15, 0.2) is 42.5 Å². The molecule has 3 heteroatoms. The summed E-state index contributed by atoms with van der Waals surface area (Å²) in [6.07, 6.45) is 9.72. The van der Waals surface area contributed by atoms with Gasteiger partial charge >= 0.3 is 0 Å². The molecule has 0 aromatic heterocycles. The zero-order valence-electron chi connectivity index (χ0n) is 16.8. The van der Waals surface area contributed by atoms with Crippen molar-refractivity contribution in [3.63, 3.8) is 0 Å². The molecular weight excluding hydrogens is 447 g/mol. The van der Waals surface area contributed by atoms with Crippen molar-refractivity contribution in [1.82, 2.24) is 0 Å². The summed E-state index contributed by atoms with van der Waals surface area (Å²) in [5, 5.41) is 0. The molecule has 0 aliphatic rings. The molecule has 0 amide bonds. The van der Waals surface area contributed by atoms with Crippen LogP contribution < -0.4 is 9.47 Å². The lowest BCUT2D eigenvalue weighted by molar-refractivity contribution is 0.291. The highest BCUT2D eigenvalue weighted by Crippen LogP contribution is 2.34. The van der Waals surface area contributed by atoms with Gasteiger partial charge in [0.15, 0.2) is 0 Å². The molecular formula is C24H33IO2. The third-order valence-corrected chi connectivity index (χ3v) is 5.35. The van der Waals surface area contributed by atoms with Crippen LogP contribution >= 0.6 is 22.6 Å². The molecule has 2 rings (SSSR count). The van der Waals surface area contributed by atoms with Crippen LogP contribution in [0.2, 0.25) is 0 Å². The van der Waals surface area contributed by atoms with E-state index in [4.69, 9.17) is 9.47 Å². The Morgan fingerprint density at radius 3 is 1.96 bits per heavy atom. The molecule has 0 fully saturated rings. The first-order valence-corrected chi connectivity index (χ1v) is 11.5. The minimum Gasteiger partial charge on any atom is -0.493 e. The van der Waals surface area contributed by atoms with E-state index in [0.717, 1.165) is 43.1 Å². The van der Waals surface area contributed by atoms with E-state index in [9.17, 15) is 0 Å². The van der Waals surface area contributed by atoms with Crippen molar-refractivity contribution in [3.8, 4) is 22.6 Å². The van der Waals surface area contributed by atoms with Crippen molar-refractivity contribution >= 4 is 22.6 Å². The van der Waals surface area contributed by atoms with Gasteiger partial charge in [-0.15, -0.1) is 0 Å². The van der Waals surface area contributed by atoms with Gasteiger partial charge < -0.3 is 9.47 Å². The van der Waals surface area contributed by atoms with Gasteiger partial charge in [0.25, 0.3) is 0 Å². The molecule has 0 aliphatic heterocycles. The summed E-state index contributed by atoms with van der Waals surface area (Å²) in [5.41, 5.74) is 2.33. The van der Waals surface area contributed by atoms with Crippen LogP contribution in [0.25, 0.3) is 11.1 Å². The van der Waals surface area contributed by atoms with E-state index in [1.807, 2.05) is 0 Å². The molecule has 0 atom stereocenters. The summed E-state index contributed by atoms with van der Waals surface area (Å²) in [6, 6.07) is 14.9. The topological polar surface area (TPSA) is 18.5 Å². The summed E-state index contributed by atoms with van der Waals surface area (Å²) in [6.45, 7) is 6.00. The second kappa shape index (κ2) is 13.0. The third kappa shape index (κ3) is 8.12. The van der Waals surface area contributed by atoms with E-state index in [1.165, 1.54) is 47.7 Å². The minimum atomic E-state index is 0.761. The van der Waals surface area contributed by atoms with Crippen LogP contribution in [-0.4, -0.2) is 13.2 Å². The summed E-state index contributed by atoms with van der Waals surface area (Å²) in [4.78, 5) is 0. The predicted molar refractivity (Wildman–Crippen MR) is 124 cm³/mol. The first-order chi connectivity index (χ1) is 13.2. The number of hydrogen-bond acceptors (Lipinski definition) is 2. The van der Waals surface area contributed by atoms with E-state index < -0.39 is 0 Å². The van der Waals surface area contributed by atoms with Gasteiger partial charge in [0.05, 0.1) is 13.2 Å². The molecule has 0 unspecified atom stereocenters. The van der Waals surface area contributed by atoms with E-state index in [2.05, 4.69) is 78.9 Å². The molecule has 27 heavy (non-hydrogen) atoms. The minimum absolute atomic E-state index is 0.761. The zero-order chi connectivity index (χ0) is 19.3. The van der Waals surface area contributed by atoms with Gasteiger partial charge in [-0.1, -0.05) is 64.5 Å². The van der Waals surface area contributed by atoms with E-state index in [0.29, 0.717) is 0 Å². The first-order valence-electron chi connectivity index (χ1n) is 10.4. The Bertz CT molecular complexity index is 652. The zero-order valence-corrected chi connectivity index (χ0v) is 19.0. The van der Waals surface area contributed by atoms with Crippen molar-refractivity contribution in [3.05, 3.63) is 46.0 Å². The second-order valence-electron chi connectivity index (χ2n) is 6.98. The van der Waals surface area contributed by atoms with Crippen molar-refractivity contribution < 1.29 is 9.47 Å². The predicted octanol–water partition coefficient (Wildman–Crippen LogP) is 7.88. The molecule has 2 nitrogen and oxygen atoms in total. The van der Waals surface area contributed by atoms with Gasteiger partial charge in [-0.2, -0.15) is 0 Å². The van der Waals surface area contributed by atoms with Crippen LogP contribution in [0.4, 0.5) is 0 Å². The molecule has 148 valence electrons. The van der Waals surface area contributed by atoms with Gasteiger partial charge in [-0.25, -0.2) is 0 Å². The Morgan fingerprint density at radius 1 is 0.704 bits per heavy atom. The van der Waals surface area contributed by atoms with Crippen molar-refractivity contribution in [2.45, 2.75) is 65.2 Å². The Labute approximate surface area is 178 Å². The Balaban J connectivity index is 2.05. The summed E-state index contributed by atoms with van der Waals surface area (Å²) < 4.78 is 13.4. The van der Waals surface area contributed by atoms with E-state index in [1.54, 1.807) is 0 Å². The fourth-order valence-electron chi connectivity index (χ4n) is 3.01. The Morgan fingerprint density at radius 2 is 1.33 bits per heavy atom. The van der Waals surface area contributed by atoms with Gasteiger partial charge in [-0.3, -0.25) is 0 Å². The van der Waals surface area contributed by atoms with Gasteiger partial charge in [0, 0.05) is 15.2 Å². The Hall–Kier alpha value is -1.23. The maximum Gasteiger partial charge on any atom is 0.130 e. The number of hydrogen-bond donors (Lipinski definition) is 0. The van der Waals surface area contributed by atoms with Gasteiger partial charge in [0.2, 0.25) is 0 Å². The lowest BCUT2D eigenvalue weighted by atomic mass is 10.0. The molecule has 0 heterocycles. The average Bonchev–Trinajstić information content (AvgIpc) is 2.69. The third-order valence-electron chi connectivity index (χ3n) is 4.63. The van der Waals surface area contributed by atoms with Gasteiger partial charge in [0.1, 0.15) is 11.5 Å². The number of unbranched alkanes of at least 4 members (excludes halogenated alkanes) is 6. The average molecular weight is 480 g/mol. The highest BCUT2D eigenvalue weighted by molar-refractivity contribution is 14.1. The molecule has 2 aromatic rings. The van der Waals surface area contributed by atoms with Crippen LogP contribution in [0.3, 0.4) is 0 Å². The van der Waals surface area contributed by atoms with E-state index >= 15 is 0 Å². The quantitative estimate of drug-likeness (QED) is 0.215. The number of rotatable bonds is 13.